The number of rotatable bonds is 48. The van der Waals surface area contributed by atoms with Crippen LogP contribution < -0.4 is 5.32 Å². The molecule has 9 nitrogen and oxygen atoms in total. The van der Waals surface area contributed by atoms with E-state index in [1.807, 2.05) is 33.3 Å². The van der Waals surface area contributed by atoms with Gasteiger partial charge in [0, 0.05) is 12.8 Å². The SMILES string of the molecule is CC/C=C/C/C=C/CCCCCCCCCC(=O)OC(/C=C/CCCCCCCCCCC)C(COP(=O)(O)OCC[N+](C)(C)C)NC(=O)CCCCCCCC/C=C/C=C/CCCCC. The molecule has 0 saturated carbocycles. The molecule has 0 radical (unpaired) electrons. The number of allylic oxidation sites excluding steroid dienone is 9. The molecule has 66 heavy (non-hydrogen) atoms. The van der Waals surface area contributed by atoms with Crippen LogP contribution in [0.3, 0.4) is 0 Å². The number of unbranched alkanes of at least 4 members (excludes halogenated alkanes) is 25. The molecule has 0 heterocycles. The quantitative estimate of drug-likeness (QED) is 0.0156. The maximum atomic E-state index is 13.4. The Hall–Kier alpha value is -2.29. The topological polar surface area (TPSA) is 111 Å². The summed E-state index contributed by atoms with van der Waals surface area (Å²) in [5, 5.41) is 3.03. The van der Waals surface area contributed by atoms with Crippen LogP contribution in [-0.2, 0) is 27.9 Å². The number of carbonyl (C=O) groups excluding carboxylic acids is 2. The van der Waals surface area contributed by atoms with Crippen molar-refractivity contribution in [1.82, 2.24) is 5.32 Å². The van der Waals surface area contributed by atoms with Crippen molar-refractivity contribution in [3.05, 3.63) is 60.8 Å². The zero-order chi connectivity index (χ0) is 48.7. The number of esters is 1. The number of nitrogens with zero attached hydrogens (tertiary/aromatic N) is 1. The average Bonchev–Trinajstić information content (AvgIpc) is 3.27. The van der Waals surface area contributed by atoms with Crippen LogP contribution in [0.1, 0.15) is 233 Å². The summed E-state index contributed by atoms with van der Waals surface area (Å²) in [5.74, 6) is -0.531. The minimum Gasteiger partial charge on any atom is -0.456 e. The normalized spacial score (nSPS) is 14.3. The zero-order valence-corrected chi connectivity index (χ0v) is 44.6. The van der Waals surface area contributed by atoms with E-state index in [9.17, 15) is 19.0 Å². The number of quaternary nitrogens is 1. The molecule has 10 heteroatoms. The number of hydrogen-bond acceptors (Lipinski definition) is 6. The lowest BCUT2D eigenvalue weighted by molar-refractivity contribution is -0.870. The van der Waals surface area contributed by atoms with Crippen LogP contribution in [0.15, 0.2) is 60.8 Å². The third-order valence-electron chi connectivity index (χ3n) is 11.7. The average molecular weight is 948 g/mol. The monoisotopic (exact) mass is 948 g/mol. The molecule has 0 rings (SSSR count). The molecule has 0 saturated heterocycles. The van der Waals surface area contributed by atoms with Gasteiger partial charge in [-0.15, -0.1) is 0 Å². The highest BCUT2D eigenvalue weighted by Gasteiger charge is 2.30. The first-order valence-electron chi connectivity index (χ1n) is 27.1. The van der Waals surface area contributed by atoms with Crippen molar-refractivity contribution >= 4 is 19.7 Å². The van der Waals surface area contributed by atoms with E-state index < -0.39 is 20.0 Å². The zero-order valence-electron chi connectivity index (χ0n) is 43.7. The molecule has 0 bridgehead atoms. The van der Waals surface area contributed by atoms with E-state index in [1.165, 1.54) is 96.3 Å². The van der Waals surface area contributed by atoms with Crippen LogP contribution in [0.2, 0.25) is 0 Å². The maximum Gasteiger partial charge on any atom is 0.472 e. The van der Waals surface area contributed by atoms with Gasteiger partial charge in [0.25, 0.3) is 0 Å². The summed E-state index contributed by atoms with van der Waals surface area (Å²) in [6, 6.07) is -0.856. The number of nitrogens with one attached hydrogen (secondary N) is 1. The maximum absolute atomic E-state index is 13.4. The van der Waals surface area contributed by atoms with Gasteiger partial charge >= 0.3 is 13.8 Å². The molecule has 3 unspecified atom stereocenters. The van der Waals surface area contributed by atoms with E-state index in [4.69, 9.17) is 13.8 Å². The Labute approximate surface area is 407 Å². The number of ether oxygens (including phenoxy) is 1. The van der Waals surface area contributed by atoms with Crippen LogP contribution in [0.5, 0.6) is 0 Å². The first-order valence-corrected chi connectivity index (χ1v) is 28.6. The molecule has 1 amide bonds. The molecular formula is C56H104N2O7P+. The number of amides is 1. The van der Waals surface area contributed by atoms with Crippen molar-refractivity contribution < 1.29 is 37.3 Å². The molecule has 384 valence electrons. The lowest BCUT2D eigenvalue weighted by atomic mass is 10.1. The fourth-order valence-electron chi connectivity index (χ4n) is 7.50. The van der Waals surface area contributed by atoms with E-state index >= 15 is 0 Å². The molecule has 0 aromatic heterocycles. The van der Waals surface area contributed by atoms with Crippen LogP contribution in [-0.4, -0.2) is 74.3 Å². The number of phosphoric acid groups is 1. The summed E-state index contributed by atoms with van der Waals surface area (Å²) in [4.78, 5) is 37.5. The number of phosphoric ester groups is 1. The minimum absolute atomic E-state index is 0.0349. The van der Waals surface area contributed by atoms with Gasteiger partial charge in [-0.3, -0.25) is 18.6 Å². The third-order valence-corrected chi connectivity index (χ3v) is 12.7. The van der Waals surface area contributed by atoms with E-state index in [0.717, 1.165) is 103 Å². The number of hydrogen-bond donors (Lipinski definition) is 2. The largest absolute Gasteiger partial charge is 0.472 e. The van der Waals surface area contributed by atoms with Crippen molar-refractivity contribution in [2.45, 2.75) is 245 Å². The van der Waals surface area contributed by atoms with Gasteiger partial charge in [0.1, 0.15) is 19.3 Å². The Balaban J connectivity index is 5.40. The molecule has 0 spiro atoms. The Kier molecular flexibility index (Phi) is 44.8. The van der Waals surface area contributed by atoms with Gasteiger partial charge in [0.05, 0.1) is 33.8 Å². The first-order chi connectivity index (χ1) is 31.9. The fraction of sp³-hybridized carbons (Fsp3) is 0.786. The van der Waals surface area contributed by atoms with Gasteiger partial charge in [-0.05, 0) is 83.1 Å². The van der Waals surface area contributed by atoms with E-state index in [-0.39, 0.29) is 31.5 Å². The lowest BCUT2D eigenvalue weighted by Gasteiger charge is -2.27. The molecule has 2 N–H and O–H groups in total. The Morgan fingerprint density at radius 1 is 0.561 bits per heavy atom. The second-order valence-corrected chi connectivity index (χ2v) is 20.9. The smallest absolute Gasteiger partial charge is 0.456 e. The summed E-state index contributed by atoms with van der Waals surface area (Å²) < 4.78 is 30.5. The molecular weight excluding hydrogens is 844 g/mol. The van der Waals surface area contributed by atoms with Gasteiger partial charge in [-0.1, -0.05) is 197 Å². The van der Waals surface area contributed by atoms with Crippen LogP contribution in [0, 0.1) is 0 Å². The highest BCUT2D eigenvalue weighted by Crippen LogP contribution is 2.43. The lowest BCUT2D eigenvalue weighted by Crippen LogP contribution is -2.47. The molecule has 0 aromatic rings. The molecule has 0 aliphatic carbocycles. The standard InChI is InChI=1S/C56H103N2O7P/c1-7-10-13-16-19-22-25-27-29-30-33-36-39-42-45-48-55(59)57-53(52-64-66(61,62)63-51-50-58(4,5)6)54(47-44-41-38-35-32-24-21-18-15-12-9-3)65-56(60)49-46-43-40-37-34-31-28-26-23-20-17-14-11-8-2/h11,14,19-20,22-23,25,27,44,47,53-54H,7-10,12-13,15-18,21,24,26,28-43,45-46,48-52H2,1-6H3,(H-,57,59,61,62)/p+1/b14-11+,22-19+,23-20+,27-25+,47-44+. The predicted octanol–water partition coefficient (Wildman–Crippen LogP) is 15.9. The first kappa shape index (κ1) is 63.7. The molecule has 3 atom stereocenters. The van der Waals surface area contributed by atoms with Crippen LogP contribution in [0.4, 0.5) is 0 Å². The molecule has 0 aliphatic rings. The Morgan fingerprint density at radius 2 is 1.02 bits per heavy atom. The molecule has 0 fully saturated rings. The molecule has 0 aromatic carbocycles. The van der Waals surface area contributed by atoms with Crippen molar-refractivity contribution in [3.8, 4) is 0 Å². The van der Waals surface area contributed by atoms with Gasteiger partial charge in [-0.25, -0.2) is 4.57 Å². The van der Waals surface area contributed by atoms with Gasteiger partial charge in [-0.2, -0.15) is 0 Å². The van der Waals surface area contributed by atoms with E-state index in [0.29, 0.717) is 17.4 Å². The Bertz CT molecular complexity index is 1320. The summed E-state index contributed by atoms with van der Waals surface area (Å²) in [7, 11) is 1.48. The predicted molar refractivity (Wildman–Crippen MR) is 282 cm³/mol. The fourth-order valence-corrected chi connectivity index (χ4v) is 8.23. The highest BCUT2D eigenvalue weighted by molar-refractivity contribution is 7.47. The van der Waals surface area contributed by atoms with E-state index in [1.54, 1.807) is 0 Å². The van der Waals surface area contributed by atoms with Gasteiger partial charge in [0.2, 0.25) is 5.91 Å². The van der Waals surface area contributed by atoms with Crippen LogP contribution in [0.25, 0.3) is 0 Å². The van der Waals surface area contributed by atoms with E-state index in [2.05, 4.69) is 74.7 Å². The third kappa shape index (κ3) is 46.8. The van der Waals surface area contributed by atoms with Crippen molar-refractivity contribution in [3.63, 3.8) is 0 Å². The summed E-state index contributed by atoms with van der Waals surface area (Å²) in [6.45, 7) is 6.84. The second-order valence-electron chi connectivity index (χ2n) is 19.4. The summed E-state index contributed by atoms with van der Waals surface area (Å²) in [6.07, 6.45) is 56.4. The van der Waals surface area contributed by atoms with Crippen LogP contribution >= 0.6 is 7.82 Å². The van der Waals surface area contributed by atoms with Gasteiger partial charge in [0.15, 0.2) is 0 Å². The Morgan fingerprint density at radius 3 is 1.56 bits per heavy atom. The van der Waals surface area contributed by atoms with Crippen molar-refractivity contribution in [1.29, 1.82) is 0 Å². The summed E-state index contributed by atoms with van der Waals surface area (Å²) in [5.41, 5.74) is 0. The highest BCUT2D eigenvalue weighted by atomic mass is 31.2. The second kappa shape index (κ2) is 46.4. The number of likely N-dealkylation sites (N-methyl/N-ethyl adjacent to an activating group) is 1. The summed E-state index contributed by atoms with van der Waals surface area (Å²) >= 11 is 0. The van der Waals surface area contributed by atoms with Crippen molar-refractivity contribution in [2.75, 3.05) is 40.9 Å². The van der Waals surface area contributed by atoms with Gasteiger partial charge < -0.3 is 19.4 Å². The minimum atomic E-state index is -4.44. The van der Waals surface area contributed by atoms with Crippen molar-refractivity contribution in [2.24, 2.45) is 0 Å². The molecule has 0 aliphatic heterocycles. The number of carbonyl (C=O) groups is 2.